The normalized spacial score (nSPS) is 11.5. The van der Waals surface area contributed by atoms with Crippen LogP contribution >= 0.6 is 23.1 Å². The summed E-state index contributed by atoms with van der Waals surface area (Å²) in [5, 5.41) is 11.8. The number of nitrogens with zero attached hydrogens (tertiary/aromatic N) is 3. The van der Waals surface area contributed by atoms with E-state index < -0.39 is 11.7 Å². The van der Waals surface area contributed by atoms with Crippen LogP contribution in [0.4, 0.5) is 18.3 Å². The fourth-order valence-electron chi connectivity index (χ4n) is 1.38. The molecule has 0 aliphatic carbocycles. The zero-order valence-electron chi connectivity index (χ0n) is 11.3. The van der Waals surface area contributed by atoms with Gasteiger partial charge in [0.05, 0.1) is 16.3 Å². The number of aryl methyl sites for hydroxylation is 1. The summed E-state index contributed by atoms with van der Waals surface area (Å²) in [6.07, 6.45) is -2.93. The van der Waals surface area contributed by atoms with Gasteiger partial charge < -0.3 is 0 Å². The second-order valence-electron chi connectivity index (χ2n) is 4.07. The highest BCUT2D eigenvalue weighted by molar-refractivity contribution is 7.99. The number of hydrogen-bond donors (Lipinski definition) is 1. The minimum Gasteiger partial charge on any atom is -0.300 e. The minimum atomic E-state index is -4.41. The second-order valence-corrected chi connectivity index (χ2v) is 6.13. The molecule has 5 nitrogen and oxygen atoms in total. The van der Waals surface area contributed by atoms with Crippen LogP contribution in [0.2, 0.25) is 0 Å². The van der Waals surface area contributed by atoms with E-state index in [1.807, 2.05) is 6.92 Å². The number of aromatic nitrogens is 3. The molecule has 118 valence electrons. The molecule has 10 heteroatoms. The number of nitrogens with one attached hydrogen (secondary N) is 1. The number of halogens is 3. The maximum atomic E-state index is 12.4. The average molecular weight is 348 g/mol. The van der Waals surface area contributed by atoms with Crippen LogP contribution in [-0.2, 0) is 17.4 Å². The number of alkyl halides is 3. The first-order valence-corrected chi connectivity index (χ1v) is 7.97. The lowest BCUT2D eigenvalue weighted by molar-refractivity contribution is -0.137. The zero-order valence-corrected chi connectivity index (χ0v) is 13.0. The molecule has 0 atom stereocenters. The van der Waals surface area contributed by atoms with Crippen molar-refractivity contribution in [3.8, 4) is 0 Å². The van der Waals surface area contributed by atoms with E-state index in [-0.39, 0.29) is 11.7 Å². The molecule has 22 heavy (non-hydrogen) atoms. The third-order valence-electron chi connectivity index (χ3n) is 2.43. The van der Waals surface area contributed by atoms with Gasteiger partial charge in [-0.15, -0.1) is 10.2 Å². The summed E-state index contributed by atoms with van der Waals surface area (Å²) in [5.41, 5.74) is -0.817. The number of carbonyl (C=O) groups excluding carboxylic acids is 1. The number of rotatable bonds is 5. The molecule has 2 aromatic rings. The summed E-state index contributed by atoms with van der Waals surface area (Å²) in [7, 11) is 0. The molecule has 0 aromatic carbocycles. The summed E-state index contributed by atoms with van der Waals surface area (Å²) in [6, 6.07) is 2.17. The van der Waals surface area contributed by atoms with Crippen molar-refractivity contribution in [2.24, 2.45) is 0 Å². The van der Waals surface area contributed by atoms with Crippen molar-refractivity contribution in [1.82, 2.24) is 15.2 Å². The summed E-state index contributed by atoms with van der Waals surface area (Å²) in [6.45, 7) is 1.93. The van der Waals surface area contributed by atoms with Gasteiger partial charge in [0.1, 0.15) is 5.01 Å². The van der Waals surface area contributed by atoms with E-state index in [0.717, 1.165) is 35.5 Å². The van der Waals surface area contributed by atoms with Crippen LogP contribution in [0.1, 0.15) is 17.5 Å². The summed E-state index contributed by atoms with van der Waals surface area (Å²) >= 11 is 2.33. The number of amides is 1. The molecule has 0 aliphatic rings. The van der Waals surface area contributed by atoms with Crippen molar-refractivity contribution < 1.29 is 18.0 Å². The van der Waals surface area contributed by atoms with Crippen LogP contribution < -0.4 is 5.32 Å². The van der Waals surface area contributed by atoms with Crippen LogP contribution in [0.5, 0.6) is 0 Å². The van der Waals surface area contributed by atoms with E-state index in [2.05, 4.69) is 20.5 Å². The molecule has 1 N–H and O–H groups in total. The van der Waals surface area contributed by atoms with Gasteiger partial charge in [0.2, 0.25) is 11.0 Å². The molecular formula is C12H11F3N4OS2. The SMILES string of the molecule is CCc1nnc(NC(=O)CSc2ccc(C(F)(F)F)cn2)s1. The topological polar surface area (TPSA) is 67.8 Å². The smallest absolute Gasteiger partial charge is 0.300 e. The van der Waals surface area contributed by atoms with Crippen molar-refractivity contribution >= 4 is 34.1 Å². The van der Waals surface area contributed by atoms with Crippen molar-refractivity contribution in [3.63, 3.8) is 0 Å². The maximum Gasteiger partial charge on any atom is 0.417 e. The molecule has 0 saturated carbocycles. The molecule has 0 bridgehead atoms. The third-order valence-corrected chi connectivity index (χ3v) is 4.36. The number of thioether (sulfide) groups is 1. The van der Waals surface area contributed by atoms with Crippen molar-refractivity contribution in [2.45, 2.75) is 24.5 Å². The average Bonchev–Trinajstić information content (AvgIpc) is 2.92. The van der Waals surface area contributed by atoms with E-state index >= 15 is 0 Å². The Labute approximate surface area is 132 Å². The predicted octanol–water partition coefficient (Wildman–Crippen LogP) is 3.25. The van der Waals surface area contributed by atoms with Crippen molar-refractivity contribution in [3.05, 3.63) is 28.9 Å². The molecule has 0 unspecified atom stereocenters. The fourth-order valence-corrected chi connectivity index (χ4v) is 2.71. The van der Waals surface area contributed by atoms with Gasteiger partial charge in [-0.1, -0.05) is 30.0 Å². The molecule has 0 spiro atoms. The molecule has 1 amide bonds. The zero-order chi connectivity index (χ0) is 16.2. The van der Waals surface area contributed by atoms with E-state index in [4.69, 9.17) is 0 Å². The van der Waals surface area contributed by atoms with Gasteiger partial charge in [-0.2, -0.15) is 13.2 Å². The Morgan fingerprint density at radius 2 is 2.14 bits per heavy atom. The van der Waals surface area contributed by atoms with E-state index in [0.29, 0.717) is 10.2 Å². The molecule has 2 aromatic heterocycles. The molecule has 2 heterocycles. The summed E-state index contributed by atoms with van der Waals surface area (Å²) in [5.74, 6) is -0.287. The Bertz CT molecular complexity index is 643. The largest absolute Gasteiger partial charge is 0.417 e. The monoisotopic (exact) mass is 348 g/mol. The van der Waals surface area contributed by atoms with Gasteiger partial charge in [0, 0.05) is 6.20 Å². The lowest BCUT2D eigenvalue weighted by Crippen LogP contribution is -2.14. The predicted molar refractivity (Wildman–Crippen MR) is 77.9 cm³/mol. The Morgan fingerprint density at radius 3 is 2.68 bits per heavy atom. The van der Waals surface area contributed by atoms with E-state index in [1.54, 1.807) is 0 Å². The summed E-state index contributed by atoms with van der Waals surface area (Å²) in [4.78, 5) is 15.4. The number of hydrogen-bond acceptors (Lipinski definition) is 6. The van der Waals surface area contributed by atoms with Crippen LogP contribution in [0.25, 0.3) is 0 Å². The quantitative estimate of drug-likeness (QED) is 0.840. The van der Waals surface area contributed by atoms with Crippen LogP contribution in [0.15, 0.2) is 23.4 Å². The van der Waals surface area contributed by atoms with Gasteiger partial charge >= 0.3 is 6.18 Å². The Morgan fingerprint density at radius 1 is 1.36 bits per heavy atom. The number of carbonyl (C=O) groups is 1. The first kappa shape index (κ1) is 16.7. The Balaban J connectivity index is 1.85. The molecule has 0 saturated heterocycles. The van der Waals surface area contributed by atoms with Gasteiger partial charge in [0.15, 0.2) is 0 Å². The van der Waals surface area contributed by atoms with E-state index in [9.17, 15) is 18.0 Å². The lowest BCUT2D eigenvalue weighted by Gasteiger charge is -2.06. The lowest BCUT2D eigenvalue weighted by atomic mass is 10.3. The fraction of sp³-hybridized carbons (Fsp3) is 0.333. The van der Waals surface area contributed by atoms with Gasteiger partial charge in [-0.05, 0) is 18.6 Å². The highest BCUT2D eigenvalue weighted by atomic mass is 32.2. The van der Waals surface area contributed by atoms with E-state index in [1.165, 1.54) is 17.4 Å². The molecular weight excluding hydrogens is 337 g/mol. The first-order valence-electron chi connectivity index (χ1n) is 6.16. The number of pyridine rings is 1. The van der Waals surface area contributed by atoms with Gasteiger partial charge in [-0.25, -0.2) is 4.98 Å². The molecule has 0 aliphatic heterocycles. The third kappa shape index (κ3) is 4.67. The second kappa shape index (κ2) is 7.05. The van der Waals surface area contributed by atoms with Crippen molar-refractivity contribution in [1.29, 1.82) is 0 Å². The van der Waals surface area contributed by atoms with Gasteiger partial charge in [-0.3, -0.25) is 10.1 Å². The highest BCUT2D eigenvalue weighted by Crippen LogP contribution is 2.29. The Hall–Kier alpha value is -1.68. The molecule has 0 radical (unpaired) electrons. The molecule has 0 fully saturated rings. The van der Waals surface area contributed by atoms with Crippen molar-refractivity contribution in [2.75, 3.05) is 11.1 Å². The van der Waals surface area contributed by atoms with Crippen LogP contribution in [0, 0.1) is 0 Å². The standard InChI is InChI=1S/C12H11F3N4OS2/c1-2-9-18-19-11(22-9)17-8(20)6-21-10-4-3-7(5-16-10)12(13,14)15/h3-5H,2,6H2,1H3,(H,17,19,20). The molecule has 2 rings (SSSR count). The maximum absolute atomic E-state index is 12.4. The number of anilines is 1. The first-order chi connectivity index (χ1) is 10.4. The highest BCUT2D eigenvalue weighted by Gasteiger charge is 2.30. The Kier molecular flexibility index (Phi) is 5.35. The minimum absolute atomic E-state index is 0.0272. The van der Waals surface area contributed by atoms with Gasteiger partial charge in [0.25, 0.3) is 0 Å². The summed E-state index contributed by atoms with van der Waals surface area (Å²) < 4.78 is 37.2. The van der Waals surface area contributed by atoms with Crippen LogP contribution in [-0.4, -0.2) is 26.8 Å². The van der Waals surface area contributed by atoms with Crippen LogP contribution in [0.3, 0.4) is 0 Å².